The number of benzene rings is 1. The number of nitrogens with two attached hydrogens (primary N) is 1. The fraction of sp³-hybridized carbons (Fsp3) is 0.625. The highest BCUT2D eigenvalue weighted by Crippen LogP contribution is 2.32. The summed E-state index contributed by atoms with van der Waals surface area (Å²) in [5.41, 5.74) is 7.58. The van der Waals surface area contributed by atoms with Crippen LogP contribution < -0.4 is 5.73 Å². The molecule has 0 amide bonds. The van der Waals surface area contributed by atoms with Gasteiger partial charge in [-0.2, -0.15) is 0 Å². The fourth-order valence-corrected chi connectivity index (χ4v) is 2.42. The van der Waals surface area contributed by atoms with Gasteiger partial charge in [0.15, 0.2) is 0 Å². The maximum atomic E-state index is 6.03. The zero-order valence-electron chi connectivity index (χ0n) is 11.7. The maximum absolute atomic E-state index is 6.03. The van der Waals surface area contributed by atoms with Gasteiger partial charge in [-0.3, -0.25) is 4.90 Å². The van der Waals surface area contributed by atoms with E-state index >= 15 is 0 Å². The highest BCUT2D eigenvalue weighted by atomic mass is 15.2. The molecule has 1 atom stereocenters. The molecule has 1 saturated carbocycles. The van der Waals surface area contributed by atoms with Crippen LogP contribution in [0.5, 0.6) is 0 Å². The Balaban J connectivity index is 1.90. The standard InChI is InChI=1S/C16H26N2/c1-16(13-17,18(2)12-15-8-9-15)11-10-14-6-4-3-5-7-14/h3-7,15H,8-13,17H2,1-2H3. The molecule has 0 aromatic heterocycles. The third kappa shape index (κ3) is 3.56. The molecule has 2 heteroatoms. The van der Waals surface area contributed by atoms with E-state index in [2.05, 4.69) is 49.2 Å². The summed E-state index contributed by atoms with van der Waals surface area (Å²) in [4.78, 5) is 2.48. The van der Waals surface area contributed by atoms with Crippen molar-refractivity contribution in [2.45, 2.75) is 38.1 Å². The van der Waals surface area contributed by atoms with Crippen molar-refractivity contribution in [3.8, 4) is 0 Å². The van der Waals surface area contributed by atoms with Gasteiger partial charge in [-0.1, -0.05) is 30.3 Å². The molecule has 2 N–H and O–H groups in total. The van der Waals surface area contributed by atoms with Gasteiger partial charge in [-0.25, -0.2) is 0 Å². The molecule has 1 aliphatic carbocycles. The first-order valence-electron chi connectivity index (χ1n) is 7.09. The second kappa shape index (κ2) is 5.85. The van der Waals surface area contributed by atoms with Crippen molar-refractivity contribution in [1.82, 2.24) is 4.90 Å². The Bertz CT molecular complexity index is 359. The van der Waals surface area contributed by atoms with Crippen LogP contribution in [0, 0.1) is 5.92 Å². The molecule has 1 fully saturated rings. The summed E-state index contributed by atoms with van der Waals surface area (Å²) >= 11 is 0. The van der Waals surface area contributed by atoms with E-state index in [0.717, 1.165) is 25.3 Å². The van der Waals surface area contributed by atoms with Crippen LogP contribution in [0.3, 0.4) is 0 Å². The first-order valence-corrected chi connectivity index (χ1v) is 7.09. The zero-order valence-corrected chi connectivity index (χ0v) is 11.7. The number of hydrogen-bond donors (Lipinski definition) is 1. The summed E-state index contributed by atoms with van der Waals surface area (Å²) in [5, 5.41) is 0. The molecule has 0 saturated heterocycles. The lowest BCUT2D eigenvalue weighted by atomic mass is 9.91. The van der Waals surface area contributed by atoms with Gasteiger partial charge in [0.25, 0.3) is 0 Å². The predicted molar refractivity (Wildman–Crippen MR) is 77.6 cm³/mol. The normalized spacial score (nSPS) is 18.9. The quantitative estimate of drug-likeness (QED) is 0.801. The summed E-state index contributed by atoms with van der Waals surface area (Å²) < 4.78 is 0. The van der Waals surface area contributed by atoms with Gasteiger partial charge >= 0.3 is 0 Å². The third-order valence-corrected chi connectivity index (χ3v) is 4.39. The molecule has 2 nitrogen and oxygen atoms in total. The molecule has 0 heterocycles. The van der Waals surface area contributed by atoms with Gasteiger partial charge in [0, 0.05) is 18.6 Å². The highest BCUT2D eigenvalue weighted by Gasteiger charge is 2.32. The summed E-state index contributed by atoms with van der Waals surface area (Å²) in [5.74, 6) is 0.928. The van der Waals surface area contributed by atoms with Crippen LogP contribution in [0.2, 0.25) is 0 Å². The van der Waals surface area contributed by atoms with Crippen LogP contribution in [0.1, 0.15) is 31.7 Å². The van der Waals surface area contributed by atoms with Gasteiger partial charge in [-0.15, -0.1) is 0 Å². The summed E-state index contributed by atoms with van der Waals surface area (Å²) in [7, 11) is 2.23. The molecule has 1 aliphatic rings. The highest BCUT2D eigenvalue weighted by molar-refractivity contribution is 5.15. The second-order valence-corrected chi connectivity index (χ2v) is 6.01. The number of rotatable bonds is 7. The molecule has 0 spiro atoms. The minimum atomic E-state index is 0.137. The van der Waals surface area contributed by atoms with Gasteiger partial charge < -0.3 is 5.73 Å². The Labute approximate surface area is 111 Å². The average Bonchev–Trinajstić information content (AvgIpc) is 3.21. The van der Waals surface area contributed by atoms with Crippen molar-refractivity contribution in [2.75, 3.05) is 20.1 Å². The Hall–Kier alpha value is -0.860. The van der Waals surface area contributed by atoms with Crippen LogP contribution >= 0.6 is 0 Å². The topological polar surface area (TPSA) is 29.3 Å². The number of aryl methyl sites for hydroxylation is 1. The lowest BCUT2D eigenvalue weighted by Crippen LogP contribution is -2.50. The average molecular weight is 246 g/mol. The van der Waals surface area contributed by atoms with E-state index in [4.69, 9.17) is 5.73 Å². The zero-order chi connectivity index (χ0) is 13.0. The van der Waals surface area contributed by atoms with Crippen molar-refractivity contribution >= 4 is 0 Å². The van der Waals surface area contributed by atoms with Crippen LogP contribution in [-0.2, 0) is 6.42 Å². The van der Waals surface area contributed by atoms with Gasteiger partial charge in [-0.05, 0) is 51.1 Å². The summed E-state index contributed by atoms with van der Waals surface area (Å²) in [6.45, 7) is 4.25. The van der Waals surface area contributed by atoms with Crippen molar-refractivity contribution in [3.05, 3.63) is 35.9 Å². The maximum Gasteiger partial charge on any atom is 0.0303 e. The minimum Gasteiger partial charge on any atom is -0.329 e. The van der Waals surface area contributed by atoms with Crippen molar-refractivity contribution in [2.24, 2.45) is 11.7 Å². The molecule has 1 unspecified atom stereocenters. The monoisotopic (exact) mass is 246 g/mol. The summed E-state index contributed by atoms with van der Waals surface area (Å²) in [6.07, 6.45) is 5.06. The van der Waals surface area contributed by atoms with Crippen LogP contribution in [0.4, 0.5) is 0 Å². The van der Waals surface area contributed by atoms with E-state index in [0.29, 0.717) is 0 Å². The molecule has 0 radical (unpaired) electrons. The third-order valence-electron chi connectivity index (χ3n) is 4.39. The Kier molecular flexibility index (Phi) is 4.41. The molecular formula is C16H26N2. The molecule has 1 aromatic rings. The minimum absolute atomic E-state index is 0.137. The Morgan fingerprint density at radius 3 is 2.50 bits per heavy atom. The first-order chi connectivity index (χ1) is 8.64. The van der Waals surface area contributed by atoms with Crippen LogP contribution in [-0.4, -0.2) is 30.6 Å². The van der Waals surface area contributed by atoms with Crippen molar-refractivity contribution in [3.63, 3.8) is 0 Å². The lowest BCUT2D eigenvalue weighted by molar-refractivity contribution is 0.128. The molecular weight excluding hydrogens is 220 g/mol. The van der Waals surface area contributed by atoms with E-state index in [1.807, 2.05) is 0 Å². The molecule has 0 bridgehead atoms. The molecule has 2 rings (SSSR count). The van der Waals surface area contributed by atoms with E-state index in [-0.39, 0.29) is 5.54 Å². The SMILES string of the molecule is CN(CC1CC1)C(C)(CN)CCc1ccccc1. The fourth-order valence-electron chi connectivity index (χ4n) is 2.42. The molecule has 1 aromatic carbocycles. The summed E-state index contributed by atoms with van der Waals surface area (Å²) in [6, 6.07) is 10.7. The van der Waals surface area contributed by atoms with Gasteiger partial charge in [0.2, 0.25) is 0 Å². The van der Waals surface area contributed by atoms with E-state index in [1.54, 1.807) is 0 Å². The predicted octanol–water partition coefficient (Wildman–Crippen LogP) is 2.68. The van der Waals surface area contributed by atoms with Crippen LogP contribution in [0.15, 0.2) is 30.3 Å². The smallest absolute Gasteiger partial charge is 0.0303 e. The van der Waals surface area contributed by atoms with Gasteiger partial charge in [0.05, 0.1) is 0 Å². The first kappa shape index (κ1) is 13.6. The molecule has 100 valence electrons. The largest absolute Gasteiger partial charge is 0.329 e. The molecule has 0 aliphatic heterocycles. The number of likely N-dealkylation sites (N-methyl/N-ethyl adjacent to an activating group) is 1. The lowest BCUT2D eigenvalue weighted by Gasteiger charge is -2.38. The van der Waals surface area contributed by atoms with E-state index in [9.17, 15) is 0 Å². The Morgan fingerprint density at radius 2 is 1.94 bits per heavy atom. The molecule has 18 heavy (non-hydrogen) atoms. The second-order valence-electron chi connectivity index (χ2n) is 6.01. The van der Waals surface area contributed by atoms with Crippen molar-refractivity contribution < 1.29 is 0 Å². The van der Waals surface area contributed by atoms with E-state index < -0.39 is 0 Å². The van der Waals surface area contributed by atoms with Crippen LogP contribution in [0.25, 0.3) is 0 Å². The number of hydrogen-bond acceptors (Lipinski definition) is 2. The van der Waals surface area contributed by atoms with Gasteiger partial charge in [0.1, 0.15) is 0 Å². The van der Waals surface area contributed by atoms with E-state index in [1.165, 1.54) is 24.9 Å². The van der Waals surface area contributed by atoms with Crippen molar-refractivity contribution in [1.29, 1.82) is 0 Å². The number of nitrogens with zero attached hydrogens (tertiary/aromatic N) is 1. The Morgan fingerprint density at radius 1 is 1.28 bits per heavy atom.